The molecule has 0 aromatic heterocycles. The largest absolute Gasteiger partial charge is 0.790 e. The van der Waals surface area contributed by atoms with Crippen LogP contribution in [0.1, 0.15) is 0 Å². The van der Waals surface area contributed by atoms with Gasteiger partial charge in [-0.05, 0) is 72.8 Å². The quantitative estimate of drug-likeness (QED) is 0.283. The lowest BCUT2D eigenvalue weighted by Gasteiger charge is -2.19. The van der Waals surface area contributed by atoms with E-state index >= 15 is 0 Å². The molecule has 43 heavy (non-hydrogen) atoms. The lowest BCUT2D eigenvalue weighted by molar-refractivity contribution is -0.337. The van der Waals surface area contributed by atoms with Crippen LogP contribution in [0.4, 0.5) is 0 Å². The number of phosphoric acid groups is 1. The highest BCUT2D eigenvalue weighted by atomic mass is 31.2. The Hall–Kier alpha value is -3.71. The Labute approximate surface area is 256 Å². The topological polar surface area (TPSA) is 83.4 Å². The maximum Gasteiger partial charge on any atom is 0.102 e. The molecule has 216 valence electrons. The Kier molecular flexibility index (Phi) is 12.6. The molecule has 0 aliphatic carbocycles. The molecule has 6 aromatic rings. The molecule has 1 N–H and O–H groups in total. The fourth-order valence-corrected chi connectivity index (χ4v) is 9.78. The molecule has 0 bridgehead atoms. The third-order valence-corrected chi connectivity index (χ3v) is 11.8. The summed E-state index contributed by atoms with van der Waals surface area (Å²) in [6.07, 6.45) is 0. The Morgan fingerprint density at radius 3 is 0.581 bits per heavy atom. The van der Waals surface area contributed by atoms with Gasteiger partial charge >= 0.3 is 0 Å². The minimum absolute atomic E-state index is 0.877. The van der Waals surface area contributed by atoms with Crippen LogP contribution in [0.3, 0.4) is 0 Å². The third kappa shape index (κ3) is 10.8. The van der Waals surface area contributed by atoms with E-state index in [2.05, 4.69) is 182 Å². The second kappa shape index (κ2) is 16.8. The zero-order chi connectivity index (χ0) is 30.3. The van der Waals surface area contributed by atoms with Gasteiger partial charge < -0.3 is 19.2 Å². The first-order valence-corrected chi connectivity index (χ1v) is 18.2. The van der Waals surface area contributed by atoms with Crippen LogP contribution in [0.2, 0.25) is 0 Å². The summed E-state index contributed by atoms with van der Waals surface area (Å²) in [7, 11) is -6.89. The fraction of sp³-hybridized carbons (Fsp3) is 0. The van der Waals surface area contributed by atoms with Crippen LogP contribution in [0, 0.1) is 0 Å². The Bertz CT molecular complexity index is 1340. The predicted octanol–water partition coefficient (Wildman–Crippen LogP) is 4.16. The van der Waals surface area contributed by atoms with Gasteiger partial charge in [-0.3, -0.25) is 0 Å². The molecule has 0 saturated carbocycles. The van der Waals surface area contributed by atoms with Crippen LogP contribution >= 0.6 is 23.7 Å². The van der Waals surface area contributed by atoms with Crippen molar-refractivity contribution in [2.24, 2.45) is 0 Å². The number of hydrogen-bond donors (Lipinski definition) is 1. The van der Waals surface area contributed by atoms with E-state index in [1.165, 1.54) is 31.8 Å². The fourth-order valence-electron chi connectivity index (χ4n) is 4.63. The van der Waals surface area contributed by atoms with Crippen LogP contribution < -0.4 is 41.6 Å². The summed E-state index contributed by atoms with van der Waals surface area (Å²) in [5.74, 6) is 0. The van der Waals surface area contributed by atoms with Crippen molar-refractivity contribution in [2.45, 2.75) is 0 Å². The summed E-state index contributed by atoms with van der Waals surface area (Å²) in [6, 6.07) is 65.0. The van der Waals surface area contributed by atoms with Gasteiger partial charge in [-0.25, -0.2) is 0 Å². The first kappa shape index (κ1) is 32.2. The summed E-state index contributed by atoms with van der Waals surface area (Å²) in [6.45, 7) is 0. The van der Waals surface area contributed by atoms with Crippen LogP contribution in [-0.2, 0) is 4.57 Å². The average molecular weight is 623 g/mol. The van der Waals surface area contributed by atoms with E-state index in [-0.39, 0.29) is 0 Å². The molecule has 0 aliphatic heterocycles. The summed E-state index contributed by atoms with van der Waals surface area (Å²) >= 11 is 0. The van der Waals surface area contributed by atoms with Crippen molar-refractivity contribution in [1.82, 2.24) is 0 Å². The molecule has 0 unspecified atom stereocenters. The molecule has 0 fully saturated rings. The summed E-state index contributed by atoms with van der Waals surface area (Å²) in [5, 5.41) is 8.61. The highest BCUT2D eigenvalue weighted by Gasteiger charge is 2.25. The average Bonchev–Trinajstić information content (AvgIpc) is 3.04. The minimum Gasteiger partial charge on any atom is -0.790 e. The van der Waals surface area contributed by atoms with E-state index in [9.17, 15) is 0 Å². The van der Waals surface area contributed by atoms with Gasteiger partial charge in [0.2, 0.25) is 0 Å². The van der Waals surface area contributed by atoms with Crippen molar-refractivity contribution in [3.8, 4) is 0 Å². The van der Waals surface area contributed by atoms with E-state index in [1.54, 1.807) is 0 Å². The van der Waals surface area contributed by atoms with Gasteiger partial charge in [0.05, 0.1) is 23.7 Å². The highest BCUT2D eigenvalue weighted by Crippen LogP contribution is 2.33. The Balaban J connectivity index is 0.000000171. The molecule has 7 heteroatoms. The highest BCUT2D eigenvalue weighted by molar-refractivity contribution is 7.80. The standard InChI is InChI=1S/2C18H15P.H3O4P/c2*1-4-10-16(11-5-1)19(17-12-6-2-7-13-17)18-14-8-3-9-15-18;1-5(2,3)4/h2*1-15H;(H3,1,2,3,4). The zero-order valence-corrected chi connectivity index (χ0v) is 26.3. The van der Waals surface area contributed by atoms with Gasteiger partial charge in [-0.2, -0.15) is 0 Å². The second-order valence-electron chi connectivity index (χ2n) is 9.41. The summed E-state index contributed by atoms with van der Waals surface area (Å²) < 4.78 is 8.66. The smallest absolute Gasteiger partial charge is 0.102 e. The van der Waals surface area contributed by atoms with E-state index in [4.69, 9.17) is 19.2 Å². The molecule has 0 atom stereocenters. The van der Waals surface area contributed by atoms with Crippen molar-refractivity contribution in [2.75, 3.05) is 0 Å². The Morgan fingerprint density at radius 1 is 0.349 bits per heavy atom. The molecule has 6 aromatic carbocycles. The van der Waals surface area contributed by atoms with E-state index < -0.39 is 23.7 Å². The summed E-state index contributed by atoms with van der Waals surface area (Å²) in [4.78, 5) is 24.3. The van der Waals surface area contributed by atoms with Crippen molar-refractivity contribution >= 4 is 55.5 Å². The van der Waals surface area contributed by atoms with Crippen molar-refractivity contribution in [1.29, 1.82) is 0 Å². The number of hydrogen-bond acceptors (Lipinski definition) is 3. The van der Waals surface area contributed by atoms with Crippen LogP contribution in [0.15, 0.2) is 182 Å². The van der Waals surface area contributed by atoms with Crippen LogP contribution in [-0.4, -0.2) is 4.89 Å². The van der Waals surface area contributed by atoms with Crippen LogP contribution in [0.5, 0.6) is 0 Å². The molecule has 0 aliphatic rings. The van der Waals surface area contributed by atoms with Gasteiger partial charge in [0, 0.05) is 0 Å². The molecule has 0 saturated heterocycles. The lowest BCUT2D eigenvalue weighted by atomic mass is 10.4. The summed E-state index contributed by atoms with van der Waals surface area (Å²) in [5.41, 5.74) is 0. The van der Waals surface area contributed by atoms with Gasteiger partial charge in [0.25, 0.3) is 0 Å². The third-order valence-electron chi connectivity index (χ3n) is 6.37. The second-order valence-corrected chi connectivity index (χ2v) is 15.3. The van der Waals surface area contributed by atoms with Crippen molar-refractivity contribution < 1.29 is 19.2 Å². The molecule has 4 nitrogen and oxygen atoms in total. The molecule has 0 amide bonds. The SMILES string of the molecule is O=P([O-])([O-])O.c1ccc([PH+](c2ccccc2)c2ccccc2)cc1.c1ccc([PH+](c2ccccc2)c2ccccc2)cc1. The zero-order valence-electron chi connectivity index (χ0n) is 23.4. The predicted molar refractivity (Wildman–Crippen MR) is 183 cm³/mol. The molecular formula is C36H33O4P3. The van der Waals surface area contributed by atoms with Gasteiger partial charge in [0.1, 0.15) is 31.8 Å². The number of benzene rings is 6. The molecular weight excluding hydrogens is 589 g/mol. The number of rotatable bonds is 6. The van der Waals surface area contributed by atoms with Crippen molar-refractivity contribution in [3.63, 3.8) is 0 Å². The monoisotopic (exact) mass is 622 g/mol. The van der Waals surface area contributed by atoms with Crippen molar-refractivity contribution in [3.05, 3.63) is 182 Å². The molecule has 0 spiro atoms. The van der Waals surface area contributed by atoms with Gasteiger partial charge in [-0.1, -0.05) is 109 Å². The van der Waals surface area contributed by atoms with Gasteiger partial charge in [-0.15, -0.1) is 0 Å². The first-order chi connectivity index (χ1) is 20.9. The van der Waals surface area contributed by atoms with Crippen LogP contribution in [0.25, 0.3) is 0 Å². The maximum absolute atomic E-state index is 8.66. The normalized spacial score (nSPS) is 10.7. The molecule has 0 heterocycles. The lowest BCUT2D eigenvalue weighted by Crippen LogP contribution is -2.20. The molecule has 6 rings (SSSR count). The maximum atomic E-state index is 8.66. The molecule has 0 radical (unpaired) electrons. The van der Waals surface area contributed by atoms with E-state index in [0.717, 1.165) is 0 Å². The minimum atomic E-state index is -5.14. The Morgan fingerprint density at radius 2 is 0.465 bits per heavy atom. The van der Waals surface area contributed by atoms with E-state index in [1.807, 2.05) is 0 Å². The van der Waals surface area contributed by atoms with E-state index in [0.29, 0.717) is 0 Å². The van der Waals surface area contributed by atoms with Gasteiger partial charge in [0.15, 0.2) is 0 Å². The first-order valence-electron chi connectivity index (χ1n) is 13.7.